The zero-order chi connectivity index (χ0) is 20.6. The van der Waals surface area contributed by atoms with Crippen molar-refractivity contribution < 1.29 is 19.4 Å². The van der Waals surface area contributed by atoms with Crippen LogP contribution in [0.25, 0.3) is 0 Å². The van der Waals surface area contributed by atoms with Gasteiger partial charge in [0.05, 0.1) is 13.2 Å². The van der Waals surface area contributed by atoms with Crippen LogP contribution in [0.5, 0.6) is 5.75 Å². The molecule has 0 bridgehead atoms. The number of carbonyl (C=O) groups excluding carboxylic acids is 1. The molecule has 1 spiro atoms. The summed E-state index contributed by atoms with van der Waals surface area (Å²) in [7, 11) is 0. The van der Waals surface area contributed by atoms with Crippen molar-refractivity contribution in [2.45, 2.75) is 45.4 Å². The first-order valence-electron chi connectivity index (χ1n) is 9.81. The highest BCUT2D eigenvalue weighted by Gasteiger charge is 2.43. The van der Waals surface area contributed by atoms with Crippen LogP contribution in [0.4, 0.5) is 0 Å². The van der Waals surface area contributed by atoms with Crippen LogP contribution in [0, 0.1) is 13.8 Å². The molecule has 0 unspecified atom stereocenters. The third-order valence-electron chi connectivity index (χ3n) is 5.79. The summed E-state index contributed by atoms with van der Waals surface area (Å²) in [5, 5.41) is 13.1. The van der Waals surface area contributed by atoms with E-state index in [0.717, 1.165) is 11.1 Å². The molecule has 1 saturated heterocycles. The molecular formula is C21H25N3O5. The number of aryl methyl sites for hydroxylation is 2. The number of benzene rings is 1. The fourth-order valence-electron chi connectivity index (χ4n) is 3.90. The number of ether oxygens (including phenoxy) is 2. The van der Waals surface area contributed by atoms with E-state index in [2.05, 4.69) is 10.3 Å². The summed E-state index contributed by atoms with van der Waals surface area (Å²) in [6.45, 7) is 5.93. The van der Waals surface area contributed by atoms with Crippen molar-refractivity contribution in [3.8, 4) is 5.75 Å². The Balaban J connectivity index is 1.64. The smallest absolute Gasteiger partial charge is 0.296 e. The minimum atomic E-state index is -0.757. The standard InChI is InChI=1S/C21H25N3O5/c1-13-3-4-15(11-14(13)2)12-22-18(26)16-17(25)19(27)24-7-10-29-21(20(24)23-16)5-8-28-9-6-21/h3-4,11,25H,5-10,12H2,1-2H3,(H,22,26). The van der Waals surface area contributed by atoms with E-state index in [1.165, 1.54) is 10.1 Å². The van der Waals surface area contributed by atoms with E-state index >= 15 is 0 Å². The van der Waals surface area contributed by atoms with Gasteiger partial charge in [0.2, 0.25) is 5.75 Å². The van der Waals surface area contributed by atoms with Crippen molar-refractivity contribution in [2.75, 3.05) is 19.8 Å². The number of aromatic nitrogens is 2. The van der Waals surface area contributed by atoms with E-state index in [9.17, 15) is 14.7 Å². The number of aromatic hydroxyl groups is 1. The fraction of sp³-hybridized carbons (Fsp3) is 0.476. The first kappa shape index (κ1) is 19.6. The van der Waals surface area contributed by atoms with Gasteiger partial charge in [0, 0.05) is 32.6 Å². The Morgan fingerprint density at radius 2 is 2.00 bits per heavy atom. The molecule has 1 amide bonds. The lowest BCUT2D eigenvalue weighted by molar-refractivity contribution is -0.139. The second-order valence-electron chi connectivity index (χ2n) is 7.65. The molecule has 2 N–H and O–H groups in total. The zero-order valence-corrected chi connectivity index (χ0v) is 16.7. The number of nitrogens with zero attached hydrogens (tertiary/aromatic N) is 2. The third-order valence-corrected chi connectivity index (χ3v) is 5.79. The summed E-state index contributed by atoms with van der Waals surface area (Å²) < 4.78 is 12.8. The first-order valence-corrected chi connectivity index (χ1v) is 9.81. The second kappa shape index (κ2) is 7.61. The van der Waals surface area contributed by atoms with Gasteiger partial charge in [-0.25, -0.2) is 4.98 Å². The van der Waals surface area contributed by atoms with Gasteiger partial charge in [0.25, 0.3) is 11.5 Å². The SMILES string of the molecule is Cc1ccc(CNC(=O)c2nc3n(c(=O)c2O)CCOC32CCOCC2)cc1C. The number of rotatable bonds is 3. The van der Waals surface area contributed by atoms with Crippen molar-refractivity contribution in [1.29, 1.82) is 0 Å². The first-order chi connectivity index (χ1) is 13.9. The number of carbonyl (C=O) groups is 1. The molecule has 154 valence electrons. The Bertz CT molecular complexity index is 1010. The maximum absolute atomic E-state index is 12.8. The highest BCUT2D eigenvalue weighted by Crippen LogP contribution is 2.37. The van der Waals surface area contributed by atoms with Crippen molar-refractivity contribution >= 4 is 5.91 Å². The lowest BCUT2D eigenvalue weighted by Crippen LogP contribution is -2.48. The maximum Gasteiger partial charge on any atom is 0.296 e. The van der Waals surface area contributed by atoms with Crippen LogP contribution in [0.2, 0.25) is 0 Å². The molecular weight excluding hydrogens is 374 g/mol. The van der Waals surface area contributed by atoms with Crippen LogP contribution in [0.15, 0.2) is 23.0 Å². The molecule has 29 heavy (non-hydrogen) atoms. The zero-order valence-electron chi connectivity index (χ0n) is 16.7. The van der Waals surface area contributed by atoms with E-state index in [4.69, 9.17) is 9.47 Å². The van der Waals surface area contributed by atoms with E-state index in [1.807, 2.05) is 32.0 Å². The summed E-state index contributed by atoms with van der Waals surface area (Å²) in [5.74, 6) is -0.823. The van der Waals surface area contributed by atoms with Crippen molar-refractivity contribution in [1.82, 2.24) is 14.9 Å². The van der Waals surface area contributed by atoms with Crippen LogP contribution in [0.1, 0.15) is 45.8 Å². The van der Waals surface area contributed by atoms with E-state index < -0.39 is 22.8 Å². The topological polar surface area (TPSA) is 103 Å². The van der Waals surface area contributed by atoms with Crippen LogP contribution in [-0.2, 0) is 28.2 Å². The molecule has 1 fully saturated rings. The monoisotopic (exact) mass is 399 g/mol. The van der Waals surface area contributed by atoms with Crippen LogP contribution in [-0.4, -0.2) is 40.4 Å². The molecule has 1 aromatic carbocycles. The van der Waals surface area contributed by atoms with Crippen molar-refractivity contribution in [3.63, 3.8) is 0 Å². The molecule has 8 heteroatoms. The van der Waals surface area contributed by atoms with E-state index in [0.29, 0.717) is 45.0 Å². The van der Waals surface area contributed by atoms with Gasteiger partial charge in [0.1, 0.15) is 11.4 Å². The van der Waals surface area contributed by atoms with Crippen LogP contribution in [0.3, 0.4) is 0 Å². The highest BCUT2D eigenvalue weighted by atomic mass is 16.5. The van der Waals surface area contributed by atoms with Gasteiger partial charge in [-0.1, -0.05) is 18.2 Å². The molecule has 3 heterocycles. The predicted octanol–water partition coefficient (Wildman–Crippen LogP) is 1.53. The molecule has 2 aliphatic heterocycles. The Morgan fingerprint density at radius 3 is 2.72 bits per heavy atom. The molecule has 0 atom stereocenters. The molecule has 0 saturated carbocycles. The van der Waals surface area contributed by atoms with Gasteiger partial charge in [-0.05, 0) is 30.5 Å². The average Bonchev–Trinajstić information content (AvgIpc) is 2.72. The number of amides is 1. The minimum Gasteiger partial charge on any atom is -0.501 e. The summed E-state index contributed by atoms with van der Waals surface area (Å²) in [5.41, 5.74) is 1.60. The highest BCUT2D eigenvalue weighted by molar-refractivity contribution is 5.94. The van der Waals surface area contributed by atoms with Gasteiger partial charge >= 0.3 is 0 Å². The lowest BCUT2D eigenvalue weighted by Gasteiger charge is -2.40. The Morgan fingerprint density at radius 1 is 1.24 bits per heavy atom. The van der Waals surface area contributed by atoms with Crippen LogP contribution >= 0.6 is 0 Å². The van der Waals surface area contributed by atoms with E-state index in [1.54, 1.807) is 0 Å². The molecule has 2 aromatic rings. The van der Waals surface area contributed by atoms with Gasteiger partial charge < -0.3 is 19.9 Å². The number of fused-ring (bicyclic) bond motifs is 2. The Kier molecular flexibility index (Phi) is 5.14. The lowest BCUT2D eigenvalue weighted by atomic mass is 9.91. The molecule has 0 aliphatic carbocycles. The average molecular weight is 399 g/mol. The molecule has 4 rings (SSSR count). The molecule has 1 aromatic heterocycles. The summed E-state index contributed by atoms with van der Waals surface area (Å²) in [6, 6.07) is 5.92. The van der Waals surface area contributed by atoms with Gasteiger partial charge in [-0.15, -0.1) is 0 Å². The van der Waals surface area contributed by atoms with Gasteiger partial charge in [-0.3, -0.25) is 14.2 Å². The summed E-state index contributed by atoms with van der Waals surface area (Å²) in [4.78, 5) is 29.9. The summed E-state index contributed by atoms with van der Waals surface area (Å²) >= 11 is 0. The maximum atomic E-state index is 12.8. The Hall–Kier alpha value is -2.71. The number of hydrogen-bond donors (Lipinski definition) is 2. The third kappa shape index (κ3) is 3.54. The number of hydrogen-bond acceptors (Lipinski definition) is 6. The summed E-state index contributed by atoms with van der Waals surface area (Å²) in [6.07, 6.45) is 1.10. The largest absolute Gasteiger partial charge is 0.501 e. The Labute approximate surface area is 168 Å². The van der Waals surface area contributed by atoms with Gasteiger partial charge in [0.15, 0.2) is 5.69 Å². The van der Waals surface area contributed by atoms with Gasteiger partial charge in [-0.2, -0.15) is 0 Å². The van der Waals surface area contributed by atoms with Crippen LogP contribution < -0.4 is 10.9 Å². The molecule has 0 radical (unpaired) electrons. The predicted molar refractivity (Wildman–Crippen MR) is 105 cm³/mol. The minimum absolute atomic E-state index is 0.263. The van der Waals surface area contributed by atoms with E-state index in [-0.39, 0.29) is 12.2 Å². The normalized spacial score (nSPS) is 17.7. The molecule has 2 aliphatic rings. The second-order valence-corrected chi connectivity index (χ2v) is 7.65. The van der Waals surface area contributed by atoms with Crippen molar-refractivity contribution in [2.24, 2.45) is 0 Å². The van der Waals surface area contributed by atoms with Crippen molar-refractivity contribution in [3.05, 3.63) is 56.8 Å². The molecule has 8 nitrogen and oxygen atoms in total. The fourth-order valence-corrected chi connectivity index (χ4v) is 3.90. The number of nitrogens with one attached hydrogen (secondary N) is 1. The quantitative estimate of drug-likeness (QED) is 0.812.